The second-order valence-corrected chi connectivity index (χ2v) is 3.30. The molecule has 0 aromatic carbocycles. The van der Waals surface area contributed by atoms with Crippen LogP contribution >= 0.6 is 24.0 Å². The highest BCUT2D eigenvalue weighted by Gasteiger charge is 2.34. The van der Waals surface area contributed by atoms with Gasteiger partial charge in [0.1, 0.15) is 0 Å². The van der Waals surface area contributed by atoms with E-state index in [0.717, 1.165) is 6.54 Å². The molecule has 1 rings (SSSR count). The smallest absolute Gasteiger partial charge is 0.260 e. The van der Waals surface area contributed by atoms with Gasteiger partial charge in [0.25, 0.3) is 5.92 Å². The van der Waals surface area contributed by atoms with Crippen molar-refractivity contribution < 1.29 is 8.78 Å². The fourth-order valence-corrected chi connectivity index (χ4v) is 1.60. The van der Waals surface area contributed by atoms with Crippen molar-refractivity contribution in [1.82, 2.24) is 4.90 Å². The Labute approximate surface area is 82.5 Å². The average Bonchev–Trinajstić information content (AvgIpc) is 1.85. The van der Waals surface area contributed by atoms with E-state index in [1.807, 2.05) is 0 Å². The highest BCUT2D eigenvalue weighted by atomic mass is 35.5. The van der Waals surface area contributed by atoms with Gasteiger partial charge in [-0.2, -0.15) is 0 Å². The topological polar surface area (TPSA) is 3.24 Å². The number of hydrogen-bond donors (Lipinski definition) is 0. The summed E-state index contributed by atoms with van der Waals surface area (Å²) in [5.74, 6) is -2.04. The highest BCUT2D eigenvalue weighted by Crippen LogP contribution is 2.25. The van der Waals surface area contributed by atoms with E-state index < -0.39 is 5.92 Å². The van der Waals surface area contributed by atoms with Gasteiger partial charge < -0.3 is 0 Å². The third kappa shape index (κ3) is 3.87. The second kappa shape index (κ2) is 5.20. The maximum absolute atomic E-state index is 12.7. The zero-order valence-electron chi connectivity index (χ0n) is 6.73. The summed E-state index contributed by atoms with van der Waals surface area (Å²) in [6, 6.07) is 0. The zero-order valence-corrected chi connectivity index (χ0v) is 8.30. The van der Waals surface area contributed by atoms with Crippen molar-refractivity contribution in [2.24, 2.45) is 0 Å². The van der Waals surface area contributed by atoms with E-state index in [1.54, 1.807) is 4.90 Å². The number of rotatable bonds is 2. The van der Waals surface area contributed by atoms with Crippen LogP contribution in [0.3, 0.4) is 0 Å². The molecule has 12 heavy (non-hydrogen) atoms. The van der Waals surface area contributed by atoms with E-state index in [0.29, 0.717) is 18.8 Å². The molecule has 0 bridgehead atoms. The Morgan fingerprint density at radius 2 is 2.08 bits per heavy atom. The molecule has 0 saturated carbocycles. The van der Waals surface area contributed by atoms with Crippen LogP contribution in [-0.4, -0.2) is 36.3 Å². The number of hydrogen-bond acceptors (Lipinski definition) is 1. The van der Waals surface area contributed by atoms with Gasteiger partial charge in [-0.25, -0.2) is 8.78 Å². The number of nitrogens with zero attached hydrogens (tertiary/aromatic N) is 1. The van der Waals surface area contributed by atoms with E-state index >= 15 is 0 Å². The van der Waals surface area contributed by atoms with Gasteiger partial charge in [-0.3, -0.25) is 4.90 Å². The summed E-state index contributed by atoms with van der Waals surface area (Å²) in [6.45, 7) is 1.24. The standard InChI is InChI=1S/C7H12ClF2N.ClH/c8-3-5-11-4-1-2-7(9,10)6-11;/h1-6H2;1H. The van der Waals surface area contributed by atoms with Crippen LogP contribution in [-0.2, 0) is 0 Å². The first-order valence-electron chi connectivity index (χ1n) is 3.80. The van der Waals surface area contributed by atoms with Crippen LogP contribution in [0.1, 0.15) is 12.8 Å². The lowest BCUT2D eigenvalue weighted by molar-refractivity contribution is -0.0623. The van der Waals surface area contributed by atoms with Crippen molar-refractivity contribution in [2.75, 3.05) is 25.5 Å². The van der Waals surface area contributed by atoms with Crippen LogP contribution in [0.4, 0.5) is 8.78 Å². The number of halogens is 4. The molecule has 0 spiro atoms. The van der Waals surface area contributed by atoms with Gasteiger partial charge in [0.2, 0.25) is 0 Å². The van der Waals surface area contributed by atoms with Crippen molar-refractivity contribution in [2.45, 2.75) is 18.8 Å². The van der Waals surface area contributed by atoms with Crippen LogP contribution in [0.25, 0.3) is 0 Å². The van der Waals surface area contributed by atoms with E-state index in [1.165, 1.54) is 0 Å². The molecule has 1 saturated heterocycles. The van der Waals surface area contributed by atoms with Crippen molar-refractivity contribution in [1.29, 1.82) is 0 Å². The fraction of sp³-hybridized carbons (Fsp3) is 1.00. The first-order chi connectivity index (χ1) is 5.14. The monoisotopic (exact) mass is 219 g/mol. The summed E-state index contributed by atoms with van der Waals surface area (Å²) in [6.07, 6.45) is 0.621. The molecule has 0 unspecified atom stereocenters. The van der Waals surface area contributed by atoms with E-state index in [-0.39, 0.29) is 25.4 Å². The van der Waals surface area contributed by atoms with Crippen molar-refractivity contribution in [3.8, 4) is 0 Å². The van der Waals surface area contributed by atoms with Gasteiger partial charge in [-0.05, 0) is 13.0 Å². The quantitative estimate of drug-likeness (QED) is 0.646. The normalized spacial score (nSPS) is 23.2. The Bertz CT molecular complexity index is 131. The van der Waals surface area contributed by atoms with Crippen molar-refractivity contribution in [3.63, 3.8) is 0 Å². The minimum absolute atomic E-state index is 0. The zero-order chi connectivity index (χ0) is 8.32. The highest BCUT2D eigenvalue weighted by molar-refractivity contribution is 6.18. The lowest BCUT2D eigenvalue weighted by atomic mass is 10.1. The van der Waals surface area contributed by atoms with Gasteiger partial charge in [0.05, 0.1) is 6.54 Å². The van der Waals surface area contributed by atoms with Crippen molar-refractivity contribution >= 4 is 24.0 Å². The van der Waals surface area contributed by atoms with E-state index in [9.17, 15) is 8.78 Å². The Morgan fingerprint density at radius 3 is 2.58 bits per heavy atom. The van der Waals surface area contributed by atoms with Crippen LogP contribution in [0.2, 0.25) is 0 Å². The molecule has 0 aromatic heterocycles. The molecular weight excluding hydrogens is 207 g/mol. The fourth-order valence-electron chi connectivity index (χ4n) is 1.36. The van der Waals surface area contributed by atoms with Crippen LogP contribution < -0.4 is 0 Å². The molecule has 1 nitrogen and oxygen atoms in total. The Balaban J connectivity index is 0.00000121. The van der Waals surface area contributed by atoms with Crippen molar-refractivity contribution in [3.05, 3.63) is 0 Å². The molecule has 0 atom stereocenters. The molecule has 1 aliphatic heterocycles. The molecule has 0 aliphatic carbocycles. The Hall–Kier alpha value is 0.400. The molecule has 1 aliphatic rings. The maximum atomic E-state index is 12.7. The minimum atomic E-state index is -2.48. The molecule has 1 fully saturated rings. The summed E-state index contributed by atoms with van der Waals surface area (Å²) in [5, 5.41) is 0. The van der Waals surface area contributed by atoms with Gasteiger partial charge in [-0.15, -0.1) is 24.0 Å². The Kier molecular flexibility index (Phi) is 5.37. The largest absolute Gasteiger partial charge is 0.296 e. The summed E-state index contributed by atoms with van der Waals surface area (Å²) in [4.78, 5) is 1.72. The summed E-state index contributed by atoms with van der Waals surface area (Å²) >= 11 is 5.44. The summed E-state index contributed by atoms with van der Waals surface area (Å²) in [5.41, 5.74) is 0. The molecule has 1 heterocycles. The van der Waals surface area contributed by atoms with Gasteiger partial charge >= 0.3 is 0 Å². The predicted molar refractivity (Wildman–Crippen MR) is 48.6 cm³/mol. The summed E-state index contributed by atoms with van der Waals surface area (Å²) in [7, 11) is 0. The van der Waals surface area contributed by atoms with Crippen LogP contribution in [0.5, 0.6) is 0 Å². The molecule has 0 aromatic rings. The molecule has 74 valence electrons. The third-order valence-corrected chi connectivity index (χ3v) is 2.04. The van der Waals surface area contributed by atoms with E-state index in [4.69, 9.17) is 11.6 Å². The lowest BCUT2D eigenvalue weighted by Crippen LogP contribution is -2.43. The second-order valence-electron chi connectivity index (χ2n) is 2.92. The van der Waals surface area contributed by atoms with Gasteiger partial charge in [0.15, 0.2) is 0 Å². The third-order valence-electron chi connectivity index (χ3n) is 1.87. The Morgan fingerprint density at radius 1 is 1.42 bits per heavy atom. The maximum Gasteiger partial charge on any atom is 0.260 e. The number of alkyl halides is 3. The number of piperidine rings is 1. The summed E-state index contributed by atoms with van der Waals surface area (Å²) < 4.78 is 25.4. The van der Waals surface area contributed by atoms with Crippen LogP contribution in [0, 0.1) is 0 Å². The van der Waals surface area contributed by atoms with Gasteiger partial charge in [-0.1, -0.05) is 0 Å². The van der Waals surface area contributed by atoms with E-state index in [2.05, 4.69) is 0 Å². The molecular formula is C7H13Cl2F2N. The molecule has 5 heteroatoms. The molecule has 0 amide bonds. The first-order valence-corrected chi connectivity index (χ1v) is 4.34. The molecule has 0 N–H and O–H groups in total. The predicted octanol–water partition coefficient (Wildman–Crippen LogP) is 2.38. The first kappa shape index (κ1) is 12.4. The van der Waals surface area contributed by atoms with Gasteiger partial charge in [0, 0.05) is 18.8 Å². The molecule has 0 radical (unpaired) electrons. The SMILES string of the molecule is Cl.FC1(F)CCCN(CCCl)C1. The lowest BCUT2D eigenvalue weighted by Gasteiger charge is -2.31. The van der Waals surface area contributed by atoms with Crippen LogP contribution in [0.15, 0.2) is 0 Å². The number of likely N-dealkylation sites (tertiary alicyclic amines) is 1. The average molecular weight is 220 g/mol. The minimum Gasteiger partial charge on any atom is -0.296 e.